The SMILES string of the molecule is C=CCOC(=O)[C@H]1C[C@@H](OCc2cccc3ccccc23)CN1C(=O)[C@@H](NC(=O)OC(C)(C)C)C(C)C. The molecule has 1 aliphatic rings. The van der Waals surface area contributed by atoms with Gasteiger partial charge in [-0.15, -0.1) is 0 Å². The van der Waals surface area contributed by atoms with E-state index in [0.29, 0.717) is 13.0 Å². The van der Waals surface area contributed by atoms with Gasteiger partial charge in [0.05, 0.1) is 12.7 Å². The van der Waals surface area contributed by atoms with Crippen LogP contribution in [0.4, 0.5) is 4.79 Å². The van der Waals surface area contributed by atoms with Crippen molar-refractivity contribution < 1.29 is 28.6 Å². The maximum atomic E-state index is 13.6. The Morgan fingerprint density at radius 3 is 2.51 bits per heavy atom. The standard InChI is InChI=1S/C29H38N2O6/c1-7-15-35-27(33)24-16-22(36-18-21-13-10-12-20-11-8-9-14-23(20)21)17-31(24)26(32)25(19(2)3)30-28(34)37-29(4,5)6/h7-14,19,22,24-25H,1,15-18H2,2-6H3,(H,30,34)/t22-,24-,25+/m1/s1. The molecule has 3 rings (SSSR count). The molecule has 37 heavy (non-hydrogen) atoms. The van der Waals surface area contributed by atoms with E-state index in [1.165, 1.54) is 11.0 Å². The Bertz CT molecular complexity index is 1120. The summed E-state index contributed by atoms with van der Waals surface area (Å²) in [6.45, 7) is 13.1. The highest BCUT2D eigenvalue weighted by Gasteiger charge is 2.44. The number of hydrogen-bond acceptors (Lipinski definition) is 6. The second kappa shape index (κ2) is 12.2. The molecular weight excluding hydrogens is 472 g/mol. The molecule has 200 valence electrons. The molecule has 2 aromatic carbocycles. The first-order chi connectivity index (χ1) is 17.5. The van der Waals surface area contributed by atoms with Gasteiger partial charge in [0.15, 0.2) is 0 Å². The van der Waals surface area contributed by atoms with Crippen LogP contribution in [0.1, 0.15) is 46.6 Å². The number of hydrogen-bond donors (Lipinski definition) is 1. The number of amides is 2. The summed E-state index contributed by atoms with van der Waals surface area (Å²) in [6, 6.07) is 12.4. The third-order valence-electron chi connectivity index (χ3n) is 6.12. The lowest BCUT2D eigenvalue weighted by molar-refractivity contribution is -0.153. The molecule has 0 spiro atoms. The zero-order valence-electron chi connectivity index (χ0n) is 22.4. The number of fused-ring (bicyclic) bond motifs is 1. The summed E-state index contributed by atoms with van der Waals surface area (Å²) in [6.07, 6.45) is 0.713. The lowest BCUT2D eigenvalue weighted by Crippen LogP contribution is -2.54. The summed E-state index contributed by atoms with van der Waals surface area (Å²) in [5.74, 6) is -1.14. The van der Waals surface area contributed by atoms with Crippen LogP contribution in [-0.4, -0.2) is 59.8 Å². The number of rotatable bonds is 9. The fourth-order valence-corrected chi connectivity index (χ4v) is 4.38. The Labute approximate surface area is 218 Å². The number of esters is 1. The van der Waals surface area contributed by atoms with Gasteiger partial charge in [-0.3, -0.25) is 4.79 Å². The number of ether oxygens (including phenoxy) is 3. The van der Waals surface area contributed by atoms with Crippen LogP contribution in [0.15, 0.2) is 55.1 Å². The summed E-state index contributed by atoms with van der Waals surface area (Å²) in [5, 5.41) is 4.90. The van der Waals surface area contributed by atoms with Gasteiger partial charge in [0, 0.05) is 13.0 Å². The monoisotopic (exact) mass is 510 g/mol. The van der Waals surface area contributed by atoms with Crippen LogP contribution in [0.25, 0.3) is 10.8 Å². The van der Waals surface area contributed by atoms with E-state index in [2.05, 4.69) is 11.9 Å². The maximum Gasteiger partial charge on any atom is 0.408 e. The quantitative estimate of drug-likeness (QED) is 0.391. The second-order valence-electron chi connectivity index (χ2n) is 10.6. The van der Waals surface area contributed by atoms with Crippen molar-refractivity contribution in [2.75, 3.05) is 13.2 Å². The minimum Gasteiger partial charge on any atom is -0.460 e. The van der Waals surface area contributed by atoms with E-state index in [1.807, 2.05) is 56.3 Å². The zero-order valence-corrected chi connectivity index (χ0v) is 22.4. The van der Waals surface area contributed by atoms with E-state index >= 15 is 0 Å². The summed E-state index contributed by atoms with van der Waals surface area (Å²) < 4.78 is 16.9. The fraction of sp³-hybridized carbons (Fsp3) is 0.483. The molecule has 0 saturated carbocycles. The fourth-order valence-electron chi connectivity index (χ4n) is 4.38. The Morgan fingerprint density at radius 1 is 1.14 bits per heavy atom. The molecule has 0 aromatic heterocycles. The van der Waals surface area contributed by atoms with Gasteiger partial charge in [-0.2, -0.15) is 0 Å². The number of alkyl carbamates (subject to hydrolysis) is 1. The van der Waals surface area contributed by atoms with Gasteiger partial charge in [-0.05, 0) is 43.0 Å². The highest BCUT2D eigenvalue weighted by Crippen LogP contribution is 2.26. The lowest BCUT2D eigenvalue weighted by atomic mass is 10.0. The Kier molecular flexibility index (Phi) is 9.32. The van der Waals surface area contributed by atoms with Gasteiger partial charge < -0.3 is 24.4 Å². The number of likely N-dealkylation sites (tertiary alicyclic amines) is 1. The van der Waals surface area contributed by atoms with Crippen molar-refractivity contribution >= 4 is 28.7 Å². The molecule has 8 nitrogen and oxygen atoms in total. The topological polar surface area (TPSA) is 94.2 Å². The predicted molar refractivity (Wildman–Crippen MR) is 142 cm³/mol. The molecule has 1 N–H and O–H groups in total. The molecule has 0 unspecified atom stereocenters. The van der Waals surface area contributed by atoms with Gasteiger partial charge >= 0.3 is 12.1 Å². The highest BCUT2D eigenvalue weighted by molar-refractivity contribution is 5.90. The van der Waals surface area contributed by atoms with E-state index in [0.717, 1.165) is 16.3 Å². The molecule has 2 amide bonds. The van der Waals surface area contributed by atoms with Gasteiger partial charge in [-0.25, -0.2) is 9.59 Å². The van der Waals surface area contributed by atoms with Crippen LogP contribution < -0.4 is 5.32 Å². The van der Waals surface area contributed by atoms with E-state index in [9.17, 15) is 14.4 Å². The smallest absolute Gasteiger partial charge is 0.408 e. The molecule has 3 atom stereocenters. The van der Waals surface area contributed by atoms with Crippen molar-refractivity contribution in [1.82, 2.24) is 10.2 Å². The van der Waals surface area contributed by atoms with Gasteiger partial charge in [-0.1, -0.05) is 69.0 Å². The molecule has 0 aliphatic carbocycles. The predicted octanol–water partition coefficient (Wildman–Crippen LogP) is 4.60. The van der Waals surface area contributed by atoms with E-state index in [-0.39, 0.29) is 31.1 Å². The molecule has 1 heterocycles. The highest BCUT2D eigenvalue weighted by atomic mass is 16.6. The summed E-state index contributed by atoms with van der Waals surface area (Å²) in [7, 11) is 0. The second-order valence-corrected chi connectivity index (χ2v) is 10.6. The van der Waals surface area contributed by atoms with E-state index in [1.54, 1.807) is 20.8 Å². The van der Waals surface area contributed by atoms with Crippen LogP contribution in [-0.2, 0) is 30.4 Å². The molecule has 1 saturated heterocycles. The number of nitrogens with one attached hydrogen (secondary N) is 1. The lowest BCUT2D eigenvalue weighted by Gasteiger charge is -2.30. The first-order valence-corrected chi connectivity index (χ1v) is 12.7. The molecule has 0 bridgehead atoms. The third-order valence-corrected chi connectivity index (χ3v) is 6.12. The van der Waals surface area contributed by atoms with Gasteiger partial charge in [0.2, 0.25) is 5.91 Å². The van der Waals surface area contributed by atoms with Crippen molar-refractivity contribution in [2.24, 2.45) is 5.92 Å². The Morgan fingerprint density at radius 2 is 1.84 bits per heavy atom. The average Bonchev–Trinajstić information content (AvgIpc) is 3.27. The van der Waals surface area contributed by atoms with Crippen LogP contribution in [0.2, 0.25) is 0 Å². The molecule has 2 aromatic rings. The average molecular weight is 511 g/mol. The summed E-state index contributed by atoms with van der Waals surface area (Å²) in [4.78, 5) is 40.4. The normalized spacial score (nSPS) is 18.5. The van der Waals surface area contributed by atoms with Crippen LogP contribution >= 0.6 is 0 Å². The Hall–Kier alpha value is -3.39. The van der Waals surface area contributed by atoms with Crippen LogP contribution in [0.5, 0.6) is 0 Å². The molecule has 0 radical (unpaired) electrons. The largest absolute Gasteiger partial charge is 0.460 e. The maximum absolute atomic E-state index is 13.6. The van der Waals surface area contributed by atoms with Crippen molar-refractivity contribution in [3.8, 4) is 0 Å². The number of benzene rings is 2. The van der Waals surface area contributed by atoms with Gasteiger partial charge in [0.1, 0.15) is 24.3 Å². The minimum atomic E-state index is -0.874. The Balaban J connectivity index is 1.77. The van der Waals surface area contributed by atoms with Crippen LogP contribution in [0, 0.1) is 5.92 Å². The number of carbonyl (C=O) groups excluding carboxylic acids is 3. The van der Waals surface area contributed by atoms with Crippen molar-refractivity contribution in [1.29, 1.82) is 0 Å². The summed E-state index contributed by atoms with van der Waals surface area (Å²) in [5.41, 5.74) is 0.320. The van der Waals surface area contributed by atoms with Crippen molar-refractivity contribution in [3.05, 3.63) is 60.7 Å². The molecule has 1 fully saturated rings. The van der Waals surface area contributed by atoms with E-state index in [4.69, 9.17) is 14.2 Å². The van der Waals surface area contributed by atoms with Gasteiger partial charge in [0.25, 0.3) is 0 Å². The number of nitrogens with zero attached hydrogens (tertiary/aromatic N) is 1. The minimum absolute atomic E-state index is 0.0443. The molecule has 8 heteroatoms. The third kappa shape index (κ3) is 7.55. The van der Waals surface area contributed by atoms with E-state index < -0.39 is 29.7 Å². The zero-order chi connectivity index (χ0) is 27.2. The first kappa shape index (κ1) is 28.2. The van der Waals surface area contributed by atoms with Crippen molar-refractivity contribution in [2.45, 2.75) is 71.4 Å². The van der Waals surface area contributed by atoms with Crippen LogP contribution in [0.3, 0.4) is 0 Å². The summed E-state index contributed by atoms with van der Waals surface area (Å²) >= 11 is 0. The number of carbonyl (C=O) groups is 3. The molecular formula is C29H38N2O6. The first-order valence-electron chi connectivity index (χ1n) is 12.7. The molecule has 1 aliphatic heterocycles. The van der Waals surface area contributed by atoms with Crippen molar-refractivity contribution in [3.63, 3.8) is 0 Å².